The molecule has 0 aliphatic carbocycles. The summed E-state index contributed by atoms with van der Waals surface area (Å²) in [5.41, 5.74) is 1.07. The van der Waals surface area contributed by atoms with Gasteiger partial charge in [-0.2, -0.15) is 0 Å². The van der Waals surface area contributed by atoms with Crippen molar-refractivity contribution in [3.8, 4) is 5.75 Å². The van der Waals surface area contributed by atoms with Crippen LogP contribution in [0, 0.1) is 0 Å². The predicted molar refractivity (Wildman–Crippen MR) is 111 cm³/mol. The van der Waals surface area contributed by atoms with E-state index in [2.05, 4.69) is 38.0 Å². The maximum Gasteiger partial charge on any atom is 0.257 e. The van der Waals surface area contributed by atoms with E-state index in [0.717, 1.165) is 24.5 Å². The fourth-order valence-electron chi connectivity index (χ4n) is 2.55. The number of benzene rings is 1. The van der Waals surface area contributed by atoms with Crippen LogP contribution in [0.2, 0.25) is 0 Å². The highest BCUT2D eigenvalue weighted by atomic mass is 32.1. The van der Waals surface area contributed by atoms with Gasteiger partial charge >= 0.3 is 0 Å². The van der Waals surface area contributed by atoms with Crippen molar-refractivity contribution in [2.45, 2.75) is 19.9 Å². The van der Waals surface area contributed by atoms with E-state index < -0.39 is 0 Å². The Morgan fingerprint density at radius 3 is 2.81 bits per heavy atom. The van der Waals surface area contributed by atoms with Crippen molar-refractivity contribution < 1.29 is 9.53 Å². The third-order valence-corrected chi connectivity index (χ3v) is 4.88. The van der Waals surface area contributed by atoms with Crippen molar-refractivity contribution >= 4 is 23.2 Å². The van der Waals surface area contributed by atoms with E-state index in [1.54, 1.807) is 18.4 Å². The first-order valence-electron chi connectivity index (χ1n) is 9.05. The average Bonchev–Trinajstić information content (AvgIpc) is 3.19. The molecule has 0 aliphatic heterocycles. The van der Waals surface area contributed by atoms with Crippen LogP contribution in [0.25, 0.3) is 0 Å². The number of likely N-dealkylation sites (N-methyl/N-ethyl adjacent to an activating group) is 2. The van der Waals surface area contributed by atoms with Gasteiger partial charge in [0.25, 0.3) is 5.91 Å². The van der Waals surface area contributed by atoms with Gasteiger partial charge in [0.15, 0.2) is 12.6 Å². The lowest BCUT2D eigenvalue weighted by molar-refractivity contribution is -0.122. The standard InChI is InChI=1S/C20H28N4O2S/c1-4-22-19(25)15-26-17-8-5-7-16(13-17)14-23-20(21-2)24(3)11-10-18-9-6-12-27-18/h5-9,12-13H,4,10-11,14-15H2,1-3H3,(H,21,23)(H,22,25). The molecule has 2 N–H and O–H groups in total. The topological polar surface area (TPSA) is 66.0 Å². The molecule has 0 unspecified atom stereocenters. The third kappa shape index (κ3) is 7.30. The van der Waals surface area contributed by atoms with E-state index in [-0.39, 0.29) is 12.5 Å². The third-order valence-electron chi connectivity index (χ3n) is 3.94. The molecular formula is C20H28N4O2S. The summed E-state index contributed by atoms with van der Waals surface area (Å²) in [6.45, 7) is 4.04. The highest BCUT2D eigenvalue weighted by Crippen LogP contribution is 2.13. The number of hydrogen-bond donors (Lipinski definition) is 2. The Kier molecular flexibility index (Phi) is 8.64. The average molecular weight is 389 g/mol. The number of nitrogens with one attached hydrogen (secondary N) is 2. The summed E-state index contributed by atoms with van der Waals surface area (Å²) in [4.78, 5) is 19.4. The fourth-order valence-corrected chi connectivity index (χ4v) is 3.24. The van der Waals surface area contributed by atoms with Gasteiger partial charge in [0.05, 0.1) is 0 Å². The second kappa shape index (κ2) is 11.2. The highest BCUT2D eigenvalue weighted by molar-refractivity contribution is 7.09. The number of rotatable bonds is 9. The molecule has 0 saturated carbocycles. The molecule has 0 aliphatic rings. The van der Waals surface area contributed by atoms with Crippen LogP contribution in [0.4, 0.5) is 0 Å². The van der Waals surface area contributed by atoms with Gasteiger partial charge in [0.2, 0.25) is 0 Å². The van der Waals surface area contributed by atoms with Gasteiger partial charge in [-0.15, -0.1) is 11.3 Å². The summed E-state index contributed by atoms with van der Waals surface area (Å²) in [6.07, 6.45) is 0.998. The first-order valence-corrected chi connectivity index (χ1v) is 9.93. The van der Waals surface area contributed by atoms with Gasteiger partial charge in [-0.25, -0.2) is 0 Å². The predicted octanol–water partition coefficient (Wildman–Crippen LogP) is 2.51. The number of aliphatic imine (C=N–C) groups is 1. The highest BCUT2D eigenvalue weighted by Gasteiger charge is 2.07. The summed E-state index contributed by atoms with van der Waals surface area (Å²) in [5.74, 6) is 1.41. The molecule has 6 nitrogen and oxygen atoms in total. The van der Waals surface area contributed by atoms with Crippen molar-refractivity contribution in [1.82, 2.24) is 15.5 Å². The summed E-state index contributed by atoms with van der Waals surface area (Å²) < 4.78 is 5.54. The van der Waals surface area contributed by atoms with Gasteiger partial charge in [-0.3, -0.25) is 9.79 Å². The quantitative estimate of drug-likeness (QED) is 0.512. The van der Waals surface area contributed by atoms with E-state index >= 15 is 0 Å². The number of carbonyl (C=O) groups excluding carboxylic acids is 1. The van der Waals surface area contributed by atoms with E-state index in [4.69, 9.17) is 4.74 Å². The van der Waals surface area contributed by atoms with Crippen LogP contribution >= 0.6 is 11.3 Å². The van der Waals surface area contributed by atoms with Crippen LogP contribution < -0.4 is 15.4 Å². The zero-order valence-electron chi connectivity index (χ0n) is 16.2. The smallest absolute Gasteiger partial charge is 0.257 e. The Morgan fingerprint density at radius 1 is 1.26 bits per heavy atom. The first-order chi connectivity index (χ1) is 13.1. The number of amides is 1. The molecule has 2 aromatic rings. The lowest BCUT2D eigenvalue weighted by Gasteiger charge is -2.22. The van der Waals surface area contributed by atoms with E-state index in [1.165, 1.54) is 4.88 Å². The number of thiophene rings is 1. The lowest BCUT2D eigenvalue weighted by Crippen LogP contribution is -2.39. The summed E-state index contributed by atoms with van der Waals surface area (Å²) in [6, 6.07) is 12.0. The molecule has 1 aromatic carbocycles. The van der Waals surface area contributed by atoms with Crippen LogP contribution in [0.5, 0.6) is 5.75 Å². The molecule has 1 aromatic heterocycles. The Balaban J connectivity index is 1.82. The Bertz CT molecular complexity index is 731. The van der Waals surface area contributed by atoms with Gasteiger partial charge in [0, 0.05) is 38.6 Å². The molecule has 7 heteroatoms. The van der Waals surface area contributed by atoms with Crippen molar-refractivity contribution in [2.75, 3.05) is 33.8 Å². The SMILES string of the molecule is CCNC(=O)COc1cccc(CNC(=NC)N(C)CCc2cccs2)c1. The normalized spacial score (nSPS) is 11.1. The van der Waals surface area contributed by atoms with E-state index in [0.29, 0.717) is 18.8 Å². The molecule has 1 amide bonds. The Labute approximate surface area is 165 Å². The van der Waals surface area contributed by atoms with Crippen molar-refractivity contribution in [2.24, 2.45) is 4.99 Å². The first kappa shape index (κ1) is 20.8. The Morgan fingerprint density at radius 2 is 2.11 bits per heavy atom. The van der Waals surface area contributed by atoms with Crippen LogP contribution in [0.15, 0.2) is 46.8 Å². The molecule has 0 spiro atoms. The van der Waals surface area contributed by atoms with Crippen LogP contribution in [-0.2, 0) is 17.8 Å². The molecular weight excluding hydrogens is 360 g/mol. The van der Waals surface area contributed by atoms with Gasteiger partial charge in [-0.05, 0) is 42.5 Å². The minimum atomic E-state index is -0.117. The lowest BCUT2D eigenvalue weighted by atomic mass is 10.2. The molecule has 146 valence electrons. The molecule has 2 rings (SSSR count). The zero-order valence-corrected chi connectivity index (χ0v) is 17.0. The number of carbonyl (C=O) groups is 1. The molecule has 27 heavy (non-hydrogen) atoms. The number of hydrogen-bond acceptors (Lipinski definition) is 4. The minimum absolute atomic E-state index is 0.0256. The molecule has 0 saturated heterocycles. The molecule has 0 atom stereocenters. The van der Waals surface area contributed by atoms with Crippen LogP contribution in [-0.4, -0.2) is 50.6 Å². The van der Waals surface area contributed by atoms with E-state index in [9.17, 15) is 4.79 Å². The second-order valence-corrected chi connectivity index (χ2v) is 7.07. The number of guanidine groups is 1. The minimum Gasteiger partial charge on any atom is -0.484 e. The van der Waals surface area contributed by atoms with Gasteiger partial charge < -0.3 is 20.3 Å². The van der Waals surface area contributed by atoms with Crippen LogP contribution in [0.1, 0.15) is 17.4 Å². The van der Waals surface area contributed by atoms with Crippen LogP contribution in [0.3, 0.4) is 0 Å². The van der Waals surface area contributed by atoms with Gasteiger partial charge in [-0.1, -0.05) is 18.2 Å². The van der Waals surface area contributed by atoms with E-state index in [1.807, 2.05) is 38.2 Å². The summed E-state index contributed by atoms with van der Waals surface area (Å²) in [7, 11) is 3.82. The molecule has 1 heterocycles. The van der Waals surface area contributed by atoms with Crippen molar-refractivity contribution in [1.29, 1.82) is 0 Å². The maximum absolute atomic E-state index is 11.5. The number of ether oxygens (including phenoxy) is 1. The maximum atomic E-state index is 11.5. The summed E-state index contributed by atoms with van der Waals surface area (Å²) in [5, 5.41) is 8.19. The largest absolute Gasteiger partial charge is 0.484 e. The molecule has 0 radical (unpaired) electrons. The second-order valence-electron chi connectivity index (χ2n) is 6.04. The fraction of sp³-hybridized carbons (Fsp3) is 0.400. The van der Waals surface area contributed by atoms with Crippen molar-refractivity contribution in [3.63, 3.8) is 0 Å². The molecule has 0 bridgehead atoms. The van der Waals surface area contributed by atoms with Gasteiger partial charge in [0.1, 0.15) is 5.75 Å². The van der Waals surface area contributed by atoms with Crippen molar-refractivity contribution in [3.05, 3.63) is 52.2 Å². The molecule has 0 fully saturated rings. The zero-order chi connectivity index (χ0) is 19.5. The monoisotopic (exact) mass is 388 g/mol. The summed E-state index contributed by atoms with van der Waals surface area (Å²) >= 11 is 1.78. The number of nitrogens with zero attached hydrogens (tertiary/aromatic N) is 2. The Hall–Kier alpha value is -2.54.